The van der Waals surface area contributed by atoms with Gasteiger partial charge < -0.3 is 15.4 Å². The minimum atomic E-state index is -0.850. The normalized spacial score (nSPS) is 10.5. The molecular formula is C21H22Cl2N4O4. The van der Waals surface area contributed by atoms with Crippen LogP contribution in [0.3, 0.4) is 0 Å². The number of hydrogen-bond donors (Lipinski definition) is 3. The van der Waals surface area contributed by atoms with Crippen LogP contribution in [0.15, 0.2) is 47.6 Å². The van der Waals surface area contributed by atoms with Crippen molar-refractivity contribution in [1.29, 1.82) is 0 Å². The third-order valence-electron chi connectivity index (χ3n) is 3.84. The summed E-state index contributed by atoms with van der Waals surface area (Å²) in [6.45, 7) is 2.17. The van der Waals surface area contributed by atoms with Gasteiger partial charge in [0.05, 0.1) is 16.9 Å². The van der Waals surface area contributed by atoms with Gasteiger partial charge in [0.25, 0.3) is 5.91 Å². The van der Waals surface area contributed by atoms with Gasteiger partial charge in [0.1, 0.15) is 5.75 Å². The number of unbranched alkanes of at least 4 members (excludes halogenated alkanes) is 1. The van der Waals surface area contributed by atoms with E-state index in [1.807, 2.05) is 6.92 Å². The van der Waals surface area contributed by atoms with Gasteiger partial charge in [0.15, 0.2) is 6.61 Å². The Morgan fingerprint density at radius 1 is 1.10 bits per heavy atom. The van der Waals surface area contributed by atoms with Crippen LogP contribution in [0.2, 0.25) is 10.0 Å². The number of carbonyl (C=O) groups excluding carboxylic acids is 3. The van der Waals surface area contributed by atoms with Crippen molar-refractivity contribution < 1.29 is 19.1 Å². The number of amides is 3. The number of anilines is 1. The highest BCUT2D eigenvalue weighted by Crippen LogP contribution is 2.25. The molecule has 2 rings (SSSR count). The molecule has 0 spiro atoms. The van der Waals surface area contributed by atoms with Crippen LogP contribution < -0.4 is 20.8 Å². The van der Waals surface area contributed by atoms with Crippen LogP contribution in [-0.2, 0) is 14.4 Å². The Morgan fingerprint density at radius 2 is 1.90 bits per heavy atom. The van der Waals surface area contributed by atoms with E-state index in [1.54, 1.807) is 36.4 Å². The van der Waals surface area contributed by atoms with Crippen molar-refractivity contribution in [2.75, 3.05) is 18.5 Å². The third kappa shape index (κ3) is 8.65. The molecule has 0 radical (unpaired) electrons. The largest absolute Gasteiger partial charge is 0.484 e. The van der Waals surface area contributed by atoms with Crippen LogP contribution in [0.1, 0.15) is 25.3 Å². The average molecular weight is 465 g/mol. The summed E-state index contributed by atoms with van der Waals surface area (Å²) in [6.07, 6.45) is 3.06. The van der Waals surface area contributed by atoms with E-state index < -0.39 is 17.7 Å². The fourth-order valence-electron chi connectivity index (χ4n) is 2.29. The van der Waals surface area contributed by atoms with Gasteiger partial charge in [-0.25, -0.2) is 5.43 Å². The second kappa shape index (κ2) is 12.6. The van der Waals surface area contributed by atoms with E-state index in [0.717, 1.165) is 12.8 Å². The molecular weight excluding hydrogens is 443 g/mol. The number of carbonyl (C=O) groups is 3. The summed E-state index contributed by atoms with van der Waals surface area (Å²) in [4.78, 5) is 35.3. The first-order chi connectivity index (χ1) is 14.9. The van der Waals surface area contributed by atoms with E-state index in [4.69, 9.17) is 27.9 Å². The predicted octanol–water partition coefficient (Wildman–Crippen LogP) is 3.38. The van der Waals surface area contributed by atoms with Crippen molar-refractivity contribution in [2.45, 2.75) is 19.8 Å². The van der Waals surface area contributed by atoms with Crippen molar-refractivity contribution in [3.8, 4) is 5.75 Å². The van der Waals surface area contributed by atoms with Crippen LogP contribution in [0.4, 0.5) is 5.69 Å². The molecule has 0 bridgehead atoms. The zero-order chi connectivity index (χ0) is 22.6. The minimum Gasteiger partial charge on any atom is -0.484 e. The summed E-state index contributed by atoms with van der Waals surface area (Å²) in [5.74, 6) is -1.57. The van der Waals surface area contributed by atoms with Crippen molar-refractivity contribution in [3.05, 3.63) is 58.1 Å². The van der Waals surface area contributed by atoms with Gasteiger partial charge in [0, 0.05) is 11.6 Å². The average Bonchev–Trinajstić information content (AvgIpc) is 2.74. The first-order valence-electron chi connectivity index (χ1n) is 9.48. The van der Waals surface area contributed by atoms with Gasteiger partial charge >= 0.3 is 11.8 Å². The number of hydrazone groups is 1. The lowest BCUT2D eigenvalue weighted by Crippen LogP contribution is -2.38. The van der Waals surface area contributed by atoms with Crippen LogP contribution in [0.5, 0.6) is 5.75 Å². The van der Waals surface area contributed by atoms with Gasteiger partial charge in [-0.15, -0.1) is 0 Å². The number of hydrogen-bond acceptors (Lipinski definition) is 5. The quantitative estimate of drug-likeness (QED) is 0.228. The van der Waals surface area contributed by atoms with E-state index in [1.165, 1.54) is 12.3 Å². The number of nitrogens with one attached hydrogen (secondary N) is 3. The van der Waals surface area contributed by atoms with Crippen molar-refractivity contribution in [1.82, 2.24) is 10.7 Å². The van der Waals surface area contributed by atoms with E-state index >= 15 is 0 Å². The summed E-state index contributed by atoms with van der Waals surface area (Å²) in [5, 5.41) is 9.66. The van der Waals surface area contributed by atoms with E-state index in [2.05, 4.69) is 21.2 Å². The van der Waals surface area contributed by atoms with Crippen LogP contribution in [0.25, 0.3) is 0 Å². The summed E-state index contributed by atoms with van der Waals surface area (Å²) >= 11 is 11.9. The first-order valence-corrected chi connectivity index (χ1v) is 10.2. The topological polar surface area (TPSA) is 109 Å². The molecule has 0 saturated heterocycles. The summed E-state index contributed by atoms with van der Waals surface area (Å²) in [6, 6.07) is 11.4. The number of nitrogens with zero attached hydrogens (tertiary/aromatic N) is 1. The van der Waals surface area contributed by atoms with E-state index in [0.29, 0.717) is 33.6 Å². The molecule has 0 aromatic heterocycles. The molecule has 3 amide bonds. The predicted molar refractivity (Wildman–Crippen MR) is 121 cm³/mol. The molecule has 164 valence electrons. The lowest BCUT2D eigenvalue weighted by Gasteiger charge is -2.09. The van der Waals surface area contributed by atoms with E-state index in [9.17, 15) is 14.4 Å². The molecule has 10 heteroatoms. The van der Waals surface area contributed by atoms with Gasteiger partial charge in [-0.05, 0) is 42.3 Å². The highest BCUT2D eigenvalue weighted by Gasteiger charge is 2.11. The molecule has 0 fully saturated rings. The molecule has 0 aliphatic rings. The second-order valence-electron chi connectivity index (χ2n) is 6.34. The molecule has 0 aliphatic carbocycles. The number of ether oxygens (including phenoxy) is 1. The molecule has 0 atom stereocenters. The number of benzene rings is 2. The molecule has 0 aliphatic heterocycles. The third-order valence-corrected chi connectivity index (χ3v) is 4.38. The standard InChI is InChI=1S/C21H22Cl2N4O4/c1-2-3-9-24-20(29)21(30)27-25-12-14-5-4-6-16(10-14)31-13-19(28)26-18-8-7-15(22)11-17(18)23/h4-8,10-12H,2-3,9,13H2,1H3,(H,24,29)(H,26,28)(H,27,30)/b25-12-. The molecule has 31 heavy (non-hydrogen) atoms. The van der Waals surface area contributed by atoms with Gasteiger partial charge in [-0.3, -0.25) is 14.4 Å². The van der Waals surface area contributed by atoms with Crippen LogP contribution in [0, 0.1) is 0 Å². The Bertz CT molecular complexity index is 966. The zero-order valence-corrected chi connectivity index (χ0v) is 18.3. The minimum absolute atomic E-state index is 0.242. The Morgan fingerprint density at radius 3 is 2.65 bits per heavy atom. The maximum Gasteiger partial charge on any atom is 0.329 e. The first kappa shape index (κ1) is 24.2. The second-order valence-corrected chi connectivity index (χ2v) is 7.19. The van der Waals surface area contributed by atoms with E-state index in [-0.39, 0.29) is 6.61 Å². The zero-order valence-electron chi connectivity index (χ0n) is 16.8. The maximum absolute atomic E-state index is 12.1. The lowest BCUT2D eigenvalue weighted by atomic mass is 10.2. The molecule has 2 aromatic rings. The monoisotopic (exact) mass is 464 g/mol. The van der Waals surface area contributed by atoms with Crippen molar-refractivity contribution in [3.63, 3.8) is 0 Å². The highest BCUT2D eigenvalue weighted by molar-refractivity contribution is 6.36. The van der Waals surface area contributed by atoms with Gasteiger partial charge in [-0.2, -0.15) is 5.10 Å². The summed E-state index contributed by atoms with van der Waals surface area (Å²) < 4.78 is 5.47. The molecule has 2 aromatic carbocycles. The maximum atomic E-state index is 12.1. The molecule has 8 nitrogen and oxygen atoms in total. The fourth-order valence-corrected chi connectivity index (χ4v) is 2.74. The Kier molecular flexibility index (Phi) is 9.80. The number of halogens is 2. The molecule has 0 unspecified atom stereocenters. The highest BCUT2D eigenvalue weighted by atomic mass is 35.5. The molecule has 0 heterocycles. The lowest BCUT2D eigenvalue weighted by molar-refractivity contribution is -0.139. The van der Waals surface area contributed by atoms with Gasteiger partial charge in [-0.1, -0.05) is 48.7 Å². The SMILES string of the molecule is CCCCNC(=O)C(=O)N/N=C\c1cccc(OCC(=O)Nc2ccc(Cl)cc2Cl)c1. The summed E-state index contributed by atoms with van der Waals surface area (Å²) in [5.41, 5.74) is 3.18. The van der Waals surface area contributed by atoms with Crippen LogP contribution in [-0.4, -0.2) is 37.1 Å². The number of rotatable bonds is 9. The van der Waals surface area contributed by atoms with Crippen LogP contribution >= 0.6 is 23.2 Å². The van der Waals surface area contributed by atoms with Gasteiger partial charge in [0.2, 0.25) is 0 Å². The van der Waals surface area contributed by atoms with Crippen molar-refractivity contribution in [2.24, 2.45) is 5.10 Å². The Hall–Kier alpha value is -3.10. The smallest absolute Gasteiger partial charge is 0.329 e. The summed E-state index contributed by atoms with van der Waals surface area (Å²) in [7, 11) is 0. The van der Waals surface area contributed by atoms with Crippen molar-refractivity contribution >= 4 is 52.8 Å². The fraction of sp³-hybridized carbons (Fsp3) is 0.238. The Balaban J connectivity index is 1.83. The molecule has 0 saturated carbocycles. The molecule has 3 N–H and O–H groups in total. The Labute approximate surface area is 189 Å².